The highest BCUT2D eigenvalue weighted by Crippen LogP contribution is 2.20. The van der Waals surface area contributed by atoms with E-state index < -0.39 is 0 Å². The van der Waals surface area contributed by atoms with Gasteiger partial charge in [0.25, 0.3) is 0 Å². The molecule has 0 aliphatic carbocycles. The average molecular weight is 265 g/mol. The zero-order valence-electron chi connectivity index (χ0n) is 11.4. The molecule has 0 radical (unpaired) electrons. The monoisotopic (exact) mass is 265 g/mol. The number of hydrogen-bond acceptors (Lipinski definition) is 4. The van der Waals surface area contributed by atoms with Gasteiger partial charge in [-0.2, -0.15) is 5.10 Å². The van der Waals surface area contributed by atoms with Gasteiger partial charge in [0.15, 0.2) is 11.6 Å². The Morgan fingerprint density at radius 2 is 1.80 bits per heavy atom. The number of hydrogen-bond donors (Lipinski definition) is 0. The first kappa shape index (κ1) is 12.3. The molecule has 0 amide bonds. The highest BCUT2D eigenvalue weighted by Gasteiger charge is 2.09. The summed E-state index contributed by atoms with van der Waals surface area (Å²) in [4.78, 5) is 11.1. The van der Waals surface area contributed by atoms with Crippen molar-refractivity contribution in [3.05, 3.63) is 54.9 Å². The van der Waals surface area contributed by atoms with E-state index in [-0.39, 0.29) is 0 Å². The van der Waals surface area contributed by atoms with Gasteiger partial charge in [-0.15, -0.1) is 0 Å². The zero-order chi connectivity index (χ0) is 13.9. The summed E-state index contributed by atoms with van der Waals surface area (Å²) in [6.07, 6.45) is 3.61. The number of aromatic nitrogens is 4. The van der Waals surface area contributed by atoms with Crippen molar-refractivity contribution in [2.45, 2.75) is 0 Å². The van der Waals surface area contributed by atoms with E-state index in [0.29, 0.717) is 5.82 Å². The molecule has 100 valence electrons. The first-order valence-corrected chi connectivity index (χ1v) is 6.36. The number of rotatable bonds is 3. The smallest absolute Gasteiger partial charge is 0.163 e. The van der Waals surface area contributed by atoms with Crippen LogP contribution < -0.4 is 4.90 Å². The minimum atomic E-state index is 0.697. The summed E-state index contributed by atoms with van der Waals surface area (Å²) in [6, 6.07) is 13.7. The maximum Gasteiger partial charge on any atom is 0.163 e. The van der Waals surface area contributed by atoms with Gasteiger partial charge in [0.05, 0.1) is 0 Å². The van der Waals surface area contributed by atoms with E-state index >= 15 is 0 Å². The summed E-state index contributed by atoms with van der Waals surface area (Å²) in [5.74, 6) is 2.30. The Balaban J connectivity index is 2.15. The van der Waals surface area contributed by atoms with Gasteiger partial charge in [0.2, 0.25) is 0 Å². The fourth-order valence-electron chi connectivity index (χ4n) is 1.89. The van der Waals surface area contributed by atoms with Crippen LogP contribution in [-0.4, -0.2) is 33.8 Å². The Hall–Kier alpha value is -2.69. The van der Waals surface area contributed by atoms with Gasteiger partial charge >= 0.3 is 0 Å². The first-order chi connectivity index (χ1) is 9.74. The summed E-state index contributed by atoms with van der Waals surface area (Å²) in [5, 5.41) is 4.23. The molecule has 3 rings (SSSR count). The van der Waals surface area contributed by atoms with Crippen LogP contribution in [0.3, 0.4) is 0 Å². The van der Waals surface area contributed by atoms with Gasteiger partial charge in [0.1, 0.15) is 5.82 Å². The van der Waals surface area contributed by atoms with E-state index in [1.54, 1.807) is 10.9 Å². The molecule has 0 aliphatic heterocycles. The fourth-order valence-corrected chi connectivity index (χ4v) is 1.89. The summed E-state index contributed by atoms with van der Waals surface area (Å²) in [7, 11) is 3.92. The van der Waals surface area contributed by atoms with Crippen molar-refractivity contribution < 1.29 is 0 Å². The molecule has 20 heavy (non-hydrogen) atoms. The highest BCUT2D eigenvalue weighted by atomic mass is 15.3. The second kappa shape index (κ2) is 5.13. The van der Waals surface area contributed by atoms with Gasteiger partial charge in [-0.3, -0.25) is 0 Å². The van der Waals surface area contributed by atoms with E-state index in [4.69, 9.17) is 0 Å². The van der Waals surface area contributed by atoms with E-state index in [1.165, 1.54) is 0 Å². The Labute approximate surface area is 117 Å². The predicted molar refractivity (Wildman–Crippen MR) is 78.9 cm³/mol. The molecule has 0 atom stereocenters. The first-order valence-electron chi connectivity index (χ1n) is 6.36. The number of nitrogens with zero attached hydrogens (tertiary/aromatic N) is 5. The minimum absolute atomic E-state index is 0.697. The second-order valence-electron chi connectivity index (χ2n) is 4.62. The Morgan fingerprint density at radius 3 is 2.45 bits per heavy atom. The summed E-state index contributed by atoms with van der Waals surface area (Å²) >= 11 is 0. The fraction of sp³-hybridized carbons (Fsp3) is 0.133. The maximum atomic E-state index is 4.59. The van der Waals surface area contributed by atoms with Gasteiger partial charge in [0, 0.05) is 38.1 Å². The SMILES string of the molecule is CN(C)c1cc(-n2cccn2)nc(-c2ccccc2)n1. The molecule has 0 fully saturated rings. The molecule has 5 nitrogen and oxygen atoms in total. The van der Waals surface area contributed by atoms with Crippen LogP contribution in [0.15, 0.2) is 54.9 Å². The normalized spacial score (nSPS) is 10.5. The number of anilines is 1. The van der Waals surface area contributed by atoms with E-state index in [1.807, 2.05) is 67.7 Å². The predicted octanol–water partition coefficient (Wildman–Crippen LogP) is 2.40. The maximum absolute atomic E-state index is 4.59. The Bertz CT molecular complexity index is 690. The highest BCUT2D eigenvalue weighted by molar-refractivity contribution is 5.59. The van der Waals surface area contributed by atoms with E-state index in [9.17, 15) is 0 Å². The van der Waals surface area contributed by atoms with Crippen molar-refractivity contribution in [2.24, 2.45) is 0 Å². The molecule has 0 bridgehead atoms. The summed E-state index contributed by atoms with van der Waals surface area (Å²) in [6.45, 7) is 0. The topological polar surface area (TPSA) is 46.8 Å². The standard InChI is InChI=1S/C15H15N5/c1-19(2)13-11-14(20-10-6-9-16-20)18-15(17-13)12-7-4-3-5-8-12/h3-11H,1-2H3. The van der Waals surface area contributed by atoms with Gasteiger partial charge in [-0.1, -0.05) is 30.3 Å². The summed E-state index contributed by atoms with van der Waals surface area (Å²) in [5.41, 5.74) is 0.990. The third-order valence-electron chi connectivity index (χ3n) is 2.93. The van der Waals surface area contributed by atoms with Crippen molar-refractivity contribution in [1.29, 1.82) is 0 Å². The second-order valence-corrected chi connectivity index (χ2v) is 4.62. The largest absolute Gasteiger partial charge is 0.363 e. The van der Waals surface area contributed by atoms with Crippen molar-refractivity contribution in [2.75, 3.05) is 19.0 Å². The molecule has 1 aromatic carbocycles. The molecule has 0 saturated heterocycles. The minimum Gasteiger partial charge on any atom is -0.363 e. The third kappa shape index (κ3) is 2.38. The van der Waals surface area contributed by atoms with Crippen LogP contribution in [0.2, 0.25) is 0 Å². The summed E-state index contributed by atoms with van der Waals surface area (Å²) < 4.78 is 1.74. The molecule has 0 saturated carbocycles. The molecule has 2 heterocycles. The lowest BCUT2D eigenvalue weighted by Gasteiger charge is -2.14. The van der Waals surface area contributed by atoms with Crippen molar-refractivity contribution in [3.8, 4) is 17.2 Å². The molecule has 0 aliphatic rings. The zero-order valence-corrected chi connectivity index (χ0v) is 11.4. The van der Waals surface area contributed by atoms with Crippen LogP contribution in [0, 0.1) is 0 Å². The molecule has 0 unspecified atom stereocenters. The molecule has 5 heteroatoms. The van der Waals surface area contributed by atoms with Gasteiger partial charge in [-0.05, 0) is 6.07 Å². The van der Waals surface area contributed by atoms with Crippen LogP contribution in [-0.2, 0) is 0 Å². The Kier molecular flexibility index (Phi) is 3.16. The average Bonchev–Trinajstić information content (AvgIpc) is 3.02. The molecule has 0 N–H and O–H groups in total. The van der Waals surface area contributed by atoms with Crippen molar-refractivity contribution >= 4 is 5.82 Å². The molecule has 3 aromatic rings. The number of benzene rings is 1. The molecule has 2 aromatic heterocycles. The van der Waals surface area contributed by atoms with E-state index in [0.717, 1.165) is 17.2 Å². The van der Waals surface area contributed by atoms with E-state index in [2.05, 4.69) is 15.1 Å². The van der Waals surface area contributed by atoms with Crippen molar-refractivity contribution in [1.82, 2.24) is 19.7 Å². The molecular formula is C15H15N5. The van der Waals surface area contributed by atoms with Gasteiger partial charge < -0.3 is 4.90 Å². The molecule has 0 spiro atoms. The lowest BCUT2D eigenvalue weighted by atomic mass is 10.2. The molecular weight excluding hydrogens is 250 g/mol. The van der Waals surface area contributed by atoms with Crippen LogP contribution in [0.1, 0.15) is 0 Å². The quantitative estimate of drug-likeness (QED) is 0.729. The van der Waals surface area contributed by atoms with Crippen LogP contribution in [0.4, 0.5) is 5.82 Å². The van der Waals surface area contributed by atoms with Crippen LogP contribution in [0.5, 0.6) is 0 Å². The van der Waals surface area contributed by atoms with Crippen LogP contribution >= 0.6 is 0 Å². The lowest BCUT2D eigenvalue weighted by Crippen LogP contribution is -2.13. The Morgan fingerprint density at radius 1 is 1.00 bits per heavy atom. The van der Waals surface area contributed by atoms with Gasteiger partial charge in [-0.25, -0.2) is 14.6 Å². The lowest BCUT2D eigenvalue weighted by molar-refractivity contribution is 0.838. The third-order valence-corrected chi connectivity index (χ3v) is 2.93. The van der Waals surface area contributed by atoms with Crippen LogP contribution in [0.25, 0.3) is 17.2 Å². The van der Waals surface area contributed by atoms with Crippen molar-refractivity contribution in [3.63, 3.8) is 0 Å².